The Labute approximate surface area is 108 Å². The van der Waals surface area contributed by atoms with Gasteiger partial charge >= 0.3 is 6.03 Å². The van der Waals surface area contributed by atoms with Crippen LogP contribution in [0.1, 0.15) is 31.2 Å². The highest BCUT2D eigenvalue weighted by molar-refractivity contribution is 5.74. The molecule has 0 heterocycles. The zero-order chi connectivity index (χ0) is 12.8. The Balaban J connectivity index is 1.74. The topological polar surface area (TPSA) is 50.4 Å². The number of ether oxygens (including phenoxy) is 1. The number of benzene rings is 1. The minimum Gasteiger partial charge on any atom is -0.497 e. The van der Waals surface area contributed by atoms with E-state index in [1.807, 2.05) is 24.3 Å². The van der Waals surface area contributed by atoms with Gasteiger partial charge in [-0.1, -0.05) is 25.0 Å². The molecule has 1 aliphatic rings. The molecule has 0 unspecified atom stereocenters. The summed E-state index contributed by atoms with van der Waals surface area (Å²) < 4.78 is 5.08. The number of methoxy groups -OCH3 is 1. The average Bonchev–Trinajstić information content (AvgIpc) is 2.90. The maximum Gasteiger partial charge on any atom is 0.315 e. The van der Waals surface area contributed by atoms with E-state index in [1.54, 1.807) is 7.11 Å². The van der Waals surface area contributed by atoms with Gasteiger partial charge in [-0.3, -0.25) is 0 Å². The fourth-order valence-electron chi connectivity index (χ4n) is 2.23. The van der Waals surface area contributed by atoms with Crippen LogP contribution in [0.4, 0.5) is 4.79 Å². The third-order valence-electron chi connectivity index (χ3n) is 3.30. The minimum absolute atomic E-state index is 0.0716. The normalized spacial score (nSPS) is 15.4. The first kappa shape index (κ1) is 12.7. The molecule has 1 aromatic carbocycles. The second kappa shape index (κ2) is 6.28. The van der Waals surface area contributed by atoms with E-state index in [0.717, 1.165) is 24.2 Å². The Hall–Kier alpha value is -1.71. The van der Waals surface area contributed by atoms with E-state index in [0.29, 0.717) is 12.6 Å². The van der Waals surface area contributed by atoms with Crippen LogP contribution in [0.5, 0.6) is 5.75 Å². The van der Waals surface area contributed by atoms with Gasteiger partial charge in [0.1, 0.15) is 5.75 Å². The molecule has 0 spiro atoms. The molecule has 1 aliphatic carbocycles. The molecule has 4 heteroatoms. The molecule has 2 amide bonds. The fraction of sp³-hybridized carbons (Fsp3) is 0.500. The summed E-state index contributed by atoms with van der Waals surface area (Å²) in [4.78, 5) is 11.6. The molecule has 98 valence electrons. The van der Waals surface area contributed by atoms with Gasteiger partial charge in [-0.2, -0.15) is 0 Å². The number of hydrogen-bond acceptors (Lipinski definition) is 2. The Morgan fingerprint density at radius 3 is 2.56 bits per heavy atom. The summed E-state index contributed by atoms with van der Waals surface area (Å²) in [5.41, 5.74) is 1.07. The van der Waals surface area contributed by atoms with E-state index in [2.05, 4.69) is 10.6 Å². The number of carbonyl (C=O) groups is 1. The highest BCUT2D eigenvalue weighted by Gasteiger charge is 2.16. The van der Waals surface area contributed by atoms with E-state index in [4.69, 9.17) is 4.74 Å². The zero-order valence-corrected chi connectivity index (χ0v) is 10.7. The average molecular weight is 248 g/mol. The molecule has 2 N–H and O–H groups in total. The van der Waals surface area contributed by atoms with Crippen molar-refractivity contribution in [2.45, 2.75) is 38.3 Å². The molecule has 0 aromatic heterocycles. The third-order valence-corrected chi connectivity index (χ3v) is 3.30. The van der Waals surface area contributed by atoms with Crippen molar-refractivity contribution in [2.75, 3.05) is 7.11 Å². The summed E-state index contributed by atoms with van der Waals surface area (Å²) in [7, 11) is 1.64. The van der Waals surface area contributed by atoms with Crippen molar-refractivity contribution < 1.29 is 9.53 Å². The Morgan fingerprint density at radius 1 is 1.28 bits per heavy atom. The Morgan fingerprint density at radius 2 is 1.94 bits per heavy atom. The van der Waals surface area contributed by atoms with E-state index in [1.165, 1.54) is 12.8 Å². The van der Waals surface area contributed by atoms with Crippen LogP contribution in [0.2, 0.25) is 0 Å². The van der Waals surface area contributed by atoms with Gasteiger partial charge in [0, 0.05) is 12.6 Å². The van der Waals surface area contributed by atoms with Gasteiger partial charge in [0.2, 0.25) is 0 Å². The van der Waals surface area contributed by atoms with E-state index < -0.39 is 0 Å². The van der Waals surface area contributed by atoms with Crippen LogP contribution in [0.25, 0.3) is 0 Å². The van der Waals surface area contributed by atoms with Crippen LogP contribution in [0.15, 0.2) is 24.3 Å². The van der Waals surface area contributed by atoms with Crippen molar-refractivity contribution in [1.29, 1.82) is 0 Å². The molecule has 0 aliphatic heterocycles. The van der Waals surface area contributed by atoms with Crippen LogP contribution >= 0.6 is 0 Å². The lowest BCUT2D eigenvalue weighted by Gasteiger charge is -2.13. The van der Waals surface area contributed by atoms with E-state index in [-0.39, 0.29) is 6.03 Å². The predicted molar refractivity (Wildman–Crippen MR) is 70.6 cm³/mol. The van der Waals surface area contributed by atoms with Gasteiger partial charge in [-0.15, -0.1) is 0 Å². The molecule has 0 radical (unpaired) electrons. The van der Waals surface area contributed by atoms with E-state index in [9.17, 15) is 4.79 Å². The Kier molecular flexibility index (Phi) is 4.45. The fourth-order valence-corrected chi connectivity index (χ4v) is 2.23. The first-order valence-electron chi connectivity index (χ1n) is 6.45. The largest absolute Gasteiger partial charge is 0.497 e. The lowest BCUT2D eigenvalue weighted by Crippen LogP contribution is -2.40. The summed E-state index contributed by atoms with van der Waals surface area (Å²) in [6, 6.07) is 7.99. The van der Waals surface area contributed by atoms with Crippen molar-refractivity contribution in [3.05, 3.63) is 29.8 Å². The second-order valence-corrected chi connectivity index (χ2v) is 4.66. The maximum absolute atomic E-state index is 11.6. The first-order valence-corrected chi connectivity index (χ1v) is 6.45. The summed E-state index contributed by atoms with van der Waals surface area (Å²) in [5.74, 6) is 0.828. The molecule has 2 rings (SSSR count). The van der Waals surface area contributed by atoms with Gasteiger partial charge in [-0.25, -0.2) is 4.79 Å². The van der Waals surface area contributed by atoms with Crippen molar-refractivity contribution in [3.8, 4) is 5.75 Å². The number of amides is 2. The molecular formula is C14H20N2O2. The van der Waals surface area contributed by atoms with Gasteiger partial charge in [0.05, 0.1) is 7.11 Å². The van der Waals surface area contributed by atoms with E-state index >= 15 is 0 Å². The summed E-state index contributed by atoms with van der Waals surface area (Å²) in [6.07, 6.45) is 4.67. The van der Waals surface area contributed by atoms with Gasteiger partial charge in [0.25, 0.3) is 0 Å². The quantitative estimate of drug-likeness (QED) is 0.859. The number of rotatable bonds is 4. The lowest BCUT2D eigenvalue weighted by molar-refractivity contribution is 0.236. The smallest absolute Gasteiger partial charge is 0.315 e. The highest BCUT2D eigenvalue weighted by Crippen LogP contribution is 2.17. The first-order chi connectivity index (χ1) is 8.78. The highest BCUT2D eigenvalue weighted by atomic mass is 16.5. The number of carbonyl (C=O) groups excluding carboxylic acids is 1. The molecule has 18 heavy (non-hydrogen) atoms. The molecule has 0 saturated heterocycles. The second-order valence-electron chi connectivity index (χ2n) is 4.66. The number of hydrogen-bond donors (Lipinski definition) is 2. The third kappa shape index (κ3) is 3.65. The van der Waals surface area contributed by atoms with Crippen LogP contribution in [0.3, 0.4) is 0 Å². The van der Waals surface area contributed by atoms with Crippen LogP contribution in [0, 0.1) is 0 Å². The molecular weight excluding hydrogens is 228 g/mol. The molecule has 4 nitrogen and oxygen atoms in total. The Bertz CT molecular complexity index is 383. The SMILES string of the molecule is COc1ccc(CNC(=O)NC2CCCC2)cc1. The maximum atomic E-state index is 11.6. The monoisotopic (exact) mass is 248 g/mol. The van der Waals surface area contributed by atoms with Crippen molar-refractivity contribution in [2.24, 2.45) is 0 Å². The summed E-state index contributed by atoms with van der Waals surface area (Å²) in [5, 5.41) is 5.87. The summed E-state index contributed by atoms with van der Waals surface area (Å²) in [6.45, 7) is 0.544. The molecule has 1 aromatic rings. The minimum atomic E-state index is -0.0716. The zero-order valence-electron chi connectivity index (χ0n) is 10.7. The number of nitrogens with one attached hydrogen (secondary N) is 2. The van der Waals surface area contributed by atoms with Crippen molar-refractivity contribution in [3.63, 3.8) is 0 Å². The molecule has 0 atom stereocenters. The van der Waals surface area contributed by atoms with Gasteiger partial charge < -0.3 is 15.4 Å². The van der Waals surface area contributed by atoms with Gasteiger partial charge in [-0.05, 0) is 30.5 Å². The number of urea groups is 1. The van der Waals surface area contributed by atoms with Crippen LogP contribution in [-0.4, -0.2) is 19.2 Å². The van der Waals surface area contributed by atoms with Gasteiger partial charge in [0.15, 0.2) is 0 Å². The molecule has 1 saturated carbocycles. The molecule has 0 bridgehead atoms. The van der Waals surface area contributed by atoms with Crippen LogP contribution in [-0.2, 0) is 6.54 Å². The standard InChI is InChI=1S/C14H20N2O2/c1-18-13-8-6-11(7-9-13)10-15-14(17)16-12-4-2-3-5-12/h6-9,12H,2-5,10H2,1H3,(H2,15,16,17). The van der Waals surface area contributed by atoms with Crippen molar-refractivity contribution in [1.82, 2.24) is 10.6 Å². The predicted octanol–water partition coefficient (Wildman–Crippen LogP) is 2.44. The molecule has 1 fully saturated rings. The van der Waals surface area contributed by atoms with Crippen LogP contribution < -0.4 is 15.4 Å². The lowest BCUT2D eigenvalue weighted by atomic mass is 10.2. The summed E-state index contributed by atoms with van der Waals surface area (Å²) >= 11 is 0. The van der Waals surface area contributed by atoms with Crippen molar-refractivity contribution >= 4 is 6.03 Å².